The highest BCUT2D eigenvalue weighted by atomic mass is 31.2. The molecule has 0 spiro atoms. The Kier molecular flexibility index (Phi) is 12.4. The van der Waals surface area contributed by atoms with E-state index in [1.54, 1.807) is 0 Å². The highest BCUT2D eigenvalue weighted by Crippen LogP contribution is 2.50. The van der Waals surface area contributed by atoms with Crippen molar-refractivity contribution < 1.29 is 27.3 Å². The molecule has 0 rings (SSSR count). The molecule has 152 valence electrons. The smallest absolute Gasteiger partial charge is 0.202 e. The third kappa shape index (κ3) is 9.36. The van der Waals surface area contributed by atoms with E-state index in [0.29, 0.717) is 43.4 Å². The van der Waals surface area contributed by atoms with E-state index < -0.39 is 28.2 Å². The summed E-state index contributed by atoms with van der Waals surface area (Å²) < 4.78 is 54.5. The van der Waals surface area contributed by atoms with Gasteiger partial charge in [0.05, 0.1) is 19.3 Å². The van der Waals surface area contributed by atoms with Crippen molar-refractivity contribution in [2.75, 3.05) is 50.2 Å². The van der Waals surface area contributed by atoms with Gasteiger partial charge >= 0.3 is 0 Å². The van der Waals surface area contributed by atoms with E-state index in [-0.39, 0.29) is 13.2 Å². The van der Waals surface area contributed by atoms with Crippen LogP contribution in [0.2, 0.25) is 0 Å². The predicted octanol–water partition coefficient (Wildman–Crippen LogP) is 5.75. The molecule has 9 heteroatoms. The normalized spacial score (nSPS) is 14.6. The van der Waals surface area contributed by atoms with E-state index >= 15 is 0 Å². The Labute approximate surface area is 154 Å². The Morgan fingerprint density at radius 1 is 0.640 bits per heavy atom. The zero-order valence-electron chi connectivity index (χ0n) is 16.7. The Bertz CT molecular complexity index is 484. The molecule has 0 aromatic carbocycles. The van der Waals surface area contributed by atoms with Crippen molar-refractivity contribution in [1.82, 2.24) is 0 Å². The van der Waals surface area contributed by atoms with Crippen molar-refractivity contribution in [3.63, 3.8) is 0 Å². The van der Waals surface area contributed by atoms with Crippen molar-refractivity contribution in [2.24, 2.45) is 0 Å². The van der Waals surface area contributed by atoms with Gasteiger partial charge in [0, 0.05) is 43.4 Å². The average Bonchev–Trinajstić information content (AvgIpc) is 2.65. The number of hydrogen-bond acceptors (Lipinski definition) is 6. The first-order valence-electron chi connectivity index (χ1n) is 9.37. The van der Waals surface area contributed by atoms with Crippen LogP contribution < -0.4 is 0 Å². The summed E-state index contributed by atoms with van der Waals surface area (Å²) in [4.78, 5) is 0. The molecule has 0 aliphatic heterocycles. The van der Waals surface area contributed by atoms with Crippen LogP contribution in [0.1, 0.15) is 48.0 Å². The molecule has 1 unspecified atom stereocenters. The van der Waals surface area contributed by atoms with Gasteiger partial charge in [-0.05, 0) is 0 Å². The van der Waals surface area contributed by atoms with Crippen molar-refractivity contribution in [1.29, 1.82) is 0 Å². The molecule has 0 amide bonds. The summed E-state index contributed by atoms with van der Waals surface area (Å²) >= 11 is 0. The lowest BCUT2D eigenvalue weighted by atomic mass is 10.3. The second kappa shape index (κ2) is 12.1. The maximum Gasteiger partial charge on any atom is 0.202 e. The summed E-state index contributed by atoms with van der Waals surface area (Å²) in [7, 11) is -7.97. The van der Waals surface area contributed by atoms with Crippen LogP contribution in [-0.4, -0.2) is 56.3 Å². The fraction of sp³-hybridized carbons (Fsp3) is 1.00. The zero-order chi connectivity index (χ0) is 19.6. The van der Waals surface area contributed by atoms with Gasteiger partial charge in [-0.3, -0.25) is 13.7 Å². The predicted molar refractivity (Wildman–Crippen MR) is 107 cm³/mol. The molecule has 0 aromatic rings. The van der Waals surface area contributed by atoms with E-state index in [0.717, 1.165) is 0 Å². The summed E-state index contributed by atoms with van der Waals surface area (Å²) in [5.74, 6) is 0. The minimum atomic E-state index is -2.73. The molecule has 0 bridgehead atoms. The second-order valence-corrected chi connectivity index (χ2v) is 15.4. The maximum atomic E-state index is 12.7. The SMILES string of the molecule is CCP(=O)(CC)OCCC(COP(=O)(CC)CC)OP(=O)(CC)CC. The molecule has 0 heterocycles. The Morgan fingerprint density at radius 2 is 1.04 bits per heavy atom. The molecular formula is C16H37O6P3. The highest BCUT2D eigenvalue weighted by Gasteiger charge is 2.27. The maximum absolute atomic E-state index is 12.7. The van der Waals surface area contributed by atoms with Gasteiger partial charge in [-0.25, -0.2) is 0 Å². The largest absolute Gasteiger partial charge is 0.328 e. The molecule has 0 aromatic heterocycles. The molecule has 6 nitrogen and oxygen atoms in total. The van der Waals surface area contributed by atoms with Crippen LogP contribution >= 0.6 is 22.1 Å². The van der Waals surface area contributed by atoms with Gasteiger partial charge < -0.3 is 13.6 Å². The van der Waals surface area contributed by atoms with Crippen LogP contribution in [0.5, 0.6) is 0 Å². The number of rotatable bonds is 15. The van der Waals surface area contributed by atoms with Crippen LogP contribution in [0.3, 0.4) is 0 Å². The van der Waals surface area contributed by atoms with E-state index in [9.17, 15) is 13.7 Å². The minimum Gasteiger partial charge on any atom is -0.328 e. The van der Waals surface area contributed by atoms with Crippen molar-refractivity contribution in [2.45, 2.75) is 54.1 Å². The van der Waals surface area contributed by atoms with Crippen LogP contribution in [0, 0.1) is 0 Å². The van der Waals surface area contributed by atoms with Crippen LogP contribution in [-0.2, 0) is 27.3 Å². The van der Waals surface area contributed by atoms with E-state index in [1.165, 1.54) is 0 Å². The summed E-state index contributed by atoms with van der Waals surface area (Å²) in [5, 5.41) is 0. The Balaban J connectivity index is 4.93. The Morgan fingerprint density at radius 3 is 1.44 bits per heavy atom. The van der Waals surface area contributed by atoms with E-state index in [2.05, 4.69) is 0 Å². The monoisotopic (exact) mass is 418 g/mol. The topological polar surface area (TPSA) is 78.9 Å². The molecule has 0 fully saturated rings. The van der Waals surface area contributed by atoms with Crippen LogP contribution in [0.25, 0.3) is 0 Å². The van der Waals surface area contributed by atoms with Gasteiger partial charge in [-0.2, -0.15) is 0 Å². The molecule has 25 heavy (non-hydrogen) atoms. The van der Waals surface area contributed by atoms with Crippen molar-refractivity contribution in [3.05, 3.63) is 0 Å². The van der Waals surface area contributed by atoms with Gasteiger partial charge in [0.2, 0.25) is 22.1 Å². The summed E-state index contributed by atoms with van der Waals surface area (Å²) in [6.07, 6.45) is 2.76. The first-order valence-corrected chi connectivity index (χ1v) is 15.4. The fourth-order valence-corrected chi connectivity index (χ4v) is 6.15. The molecule has 0 radical (unpaired) electrons. The van der Waals surface area contributed by atoms with Crippen molar-refractivity contribution >= 4 is 22.1 Å². The zero-order valence-corrected chi connectivity index (χ0v) is 19.4. The molecule has 0 aliphatic rings. The highest BCUT2D eigenvalue weighted by molar-refractivity contribution is 7.59. The molecule has 1 atom stereocenters. The lowest BCUT2D eigenvalue weighted by molar-refractivity contribution is 0.109. The van der Waals surface area contributed by atoms with Gasteiger partial charge in [-0.15, -0.1) is 0 Å². The average molecular weight is 418 g/mol. The molecule has 0 aliphatic carbocycles. The summed E-state index contributed by atoms with van der Waals surface area (Å²) in [5.41, 5.74) is 0. The summed E-state index contributed by atoms with van der Waals surface area (Å²) in [6.45, 7) is 11.4. The quantitative estimate of drug-likeness (QED) is 0.315. The Hall–Kier alpha value is 0.570. The van der Waals surface area contributed by atoms with Gasteiger partial charge in [0.15, 0.2) is 0 Å². The molecule has 0 saturated carbocycles. The lowest BCUT2D eigenvalue weighted by Crippen LogP contribution is -2.22. The lowest BCUT2D eigenvalue weighted by Gasteiger charge is -2.26. The third-order valence-corrected chi connectivity index (χ3v) is 12.2. The number of hydrogen-bond donors (Lipinski definition) is 0. The minimum absolute atomic E-state index is 0.120. The van der Waals surface area contributed by atoms with Crippen LogP contribution in [0.15, 0.2) is 0 Å². The standard InChI is InChI=1S/C16H37O6P3/c1-7-23(17,8-2)20-14-13-16(22-25(19,11-5)12-6)15-21-24(18,9-3)10-4/h16H,7-15H2,1-6H3. The van der Waals surface area contributed by atoms with Gasteiger partial charge in [0.25, 0.3) is 0 Å². The second-order valence-electron chi connectivity index (χ2n) is 5.99. The van der Waals surface area contributed by atoms with E-state index in [4.69, 9.17) is 13.6 Å². The molecule has 0 saturated heterocycles. The third-order valence-electron chi connectivity index (χ3n) is 4.49. The van der Waals surface area contributed by atoms with Gasteiger partial charge in [0.1, 0.15) is 0 Å². The first-order chi connectivity index (χ1) is 11.6. The van der Waals surface area contributed by atoms with Crippen LogP contribution in [0.4, 0.5) is 0 Å². The molecule has 0 N–H and O–H groups in total. The molecular weight excluding hydrogens is 381 g/mol. The first kappa shape index (κ1) is 25.6. The van der Waals surface area contributed by atoms with Crippen molar-refractivity contribution in [3.8, 4) is 0 Å². The van der Waals surface area contributed by atoms with Gasteiger partial charge in [-0.1, -0.05) is 41.5 Å². The summed E-state index contributed by atoms with van der Waals surface area (Å²) in [6, 6.07) is 0. The fourth-order valence-electron chi connectivity index (χ4n) is 2.19. The van der Waals surface area contributed by atoms with E-state index in [1.807, 2.05) is 41.5 Å².